The minimum absolute atomic E-state index is 0.0835. The molecule has 0 bridgehead atoms. The molecule has 2 N–H and O–H groups in total. The van der Waals surface area contributed by atoms with E-state index in [1.807, 2.05) is 49.5 Å². The number of aromatic nitrogens is 2. The van der Waals surface area contributed by atoms with E-state index in [2.05, 4.69) is 20.8 Å². The van der Waals surface area contributed by atoms with Crippen molar-refractivity contribution in [1.29, 1.82) is 0 Å². The number of aliphatic hydroxyl groups excluding tert-OH is 1. The Bertz CT molecular complexity index is 749. The number of rotatable bonds is 5. The van der Waals surface area contributed by atoms with Crippen LogP contribution in [0.25, 0.3) is 5.65 Å². The molecule has 4 nitrogen and oxygen atoms in total. The standard InChI is InChI=1S/C17H19N3O/c1-13-16(20-8-3-2-7-17(20)19-13)11-18-10-14-5-4-6-15(9-14)12-21/h2-9,18,21H,10-12H2,1H3. The van der Waals surface area contributed by atoms with Crippen LogP contribution in [0.5, 0.6) is 0 Å². The molecule has 0 atom stereocenters. The third-order valence-electron chi connectivity index (χ3n) is 3.62. The molecule has 0 radical (unpaired) electrons. The summed E-state index contributed by atoms with van der Waals surface area (Å²) in [6, 6.07) is 14.0. The first-order chi connectivity index (χ1) is 10.3. The molecule has 0 spiro atoms. The summed E-state index contributed by atoms with van der Waals surface area (Å²) in [5.74, 6) is 0. The second-order valence-corrected chi connectivity index (χ2v) is 5.15. The summed E-state index contributed by atoms with van der Waals surface area (Å²) in [5, 5.41) is 12.6. The Morgan fingerprint density at radius 3 is 2.81 bits per heavy atom. The highest BCUT2D eigenvalue weighted by atomic mass is 16.3. The molecule has 0 saturated heterocycles. The van der Waals surface area contributed by atoms with Gasteiger partial charge >= 0.3 is 0 Å². The highest BCUT2D eigenvalue weighted by molar-refractivity contribution is 5.42. The van der Waals surface area contributed by atoms with Gasteiger partial charge in [-0.1, -0.05) is 30.3 Å². The van der Waals surface area contributed by atoms with Crippen molar-refractivity contribution in [2.45, 2.75) is 26.6 Å². The maximum Gasteiger partial charge on any atom is 0.137 e. The third-order valence-corrected chi connectivity index (χ3v) is 3.62. The van der Waals surface area contributed by atoms with Crippen molar-refractivity contribution in [2.24, 2.45) is 0 Å². The van der Waals surface area contributed by atoms with Gasteiger partial charge in [-0.25, -0.2) is 4.98 Å². The molecule has 0 fully saturated rings. The average Bonchev–Trinajstić information content (AvgIpc) is 2.83. The van der Waals surface area contributed by atoms with Crippen LogP contribution in [0.4, 0.5) is 0 Å². The molecule has 0 aliphatic heterocycles. The highest BCUT2D eigenvalue weighted by Crippen LogP contribution is 2.12. The zero-order chi connectivity index (χ0) is 14.7. The van der Waals surface area contributed by atoms with Gasteiger partial charge in [0.05, 0.1) is 18.0 Å². The number of aliphatic hydroxyl groups is 1. The number of hydrogen-bond acceptors (Lipinski definition) is 3. The molecular weight excluding hydrogens is 262 g/mol. The topological polar surface area (TPSA) is 49.6 Å². The Balaban J connectivity index is 1.70. The molecule has 0 unspecified atom stereocenters. The number of nitrogens with one attached hydrogen (secondary N) is 1. The Labute approximate surface area is 124 Å². The van der Waals surface area contributed by atoms with E-state index in [4.69, 9.17) is 5.11 Å². The molecule has 21 heavy (non-hydrogen) atoms. The van der Waals surface area contributed by atoms with Gasteiger partial charge in [0, 0.05) is 19.3 Å². The zero-order valence-corrected chi connectivity index (χ0v) is 12.1. The molecule has 0 aliphatic carbocycles. The highest BCUT2D eigenvalue weighted by Gasteiger charge is 2.07. The monoisotopic (exact) mass is 281 g/mol. The van der Waals surface area contributed by atoms with Gasteiger partial charge in [-0.2, -0.15) is 0 Å². The summed E-state index contributed by atoms with van der Waals surface area (Å²) >= 11 is 0. The second kappa shape index (κ2) is 6.08. The van der Waals surface area contributed by atoms with Gasteiger partial charge in [0.25, 0.3) is 0 Å². The van der Waals surface area contributed by atoms with Crippen LogP contribution in [0.1, 0.15) is 22.5 Å². The van der Waals surface area contributed by atoms with E-state index in [1.165, 1.54) is 11.3 Å². The zero-order valence-electron chi connectivity index (χ0n) is 12.1. The summed E-state index contributed by atoms with van der Waals surface area (Å²) in [6.07, 6.45) is 2.04. The number of pyridine rings is 1. The van der Waals surface area contributed by atoms with Crippen molar-refractivity contribution < 1.29 is 5.11 Å². The van der Waals surface area contributed by atoms with Crippen molar-refractivity contribution >= 4 is 5.65 Å². The summed E-state index contributed by atoms with van der Waals surface area (Å²) in [6.45, 7) is 3.66. The maximum absolute atomic E-state index is 9.16. The molecular formula is C17H19N3O. The summed E-state index contributed by atoms with van der Waals surface area (Å²) in [7, 11) is 0. The smallest absolute Gasteiger partial charge is 0.137 e. The van der Waals surface area contributed by atoms with Gasteiger partial charge in [0.15, 0.2) is 0 Å². The Kier molecular flexibility index (Phi) is 3.99. The first-order valence-electron chi connectivity index (χ1n) is 7.10. The summed E-state index contributed by atoms with van der Waals surface area (Å²) in [5.41, 5.74) is 5.34. The molecule has 0 saturated carbocycles. The van der Waals surface area contributed by atoms with Gasteiger partial charge in [0.2, 0.25) is 0 Å². The SMILES string of the molecule is Cc1nc2ccccn2c1CNCc1cccc(CO)c1. The van der Waals surface area contributed by atoms with Crippen LogP contribution >= 0.6 is 0 Å². The number of nitrogens with zero attached hydrogens (tertiary/aromatic N) is 2. The van der Waals surface area contributed by atoms with Crippen LogP contribution < -0.4 is 5.32 Å². The fourth-order valence-corrected chi connectivity index (χ4v) is 2.54. The largest absolute Gasteiger partial charge is 0.392 e. The van der Waals surface area contributed by atoms with Gasteiger partial charge in [-0.15, -0.1) is 0 Å². The fraction of sp³-hybridized carbons (Fsp3) is 0.235. The molecule has 3 rings (SSSR count). The van der Waals surface area contributed by atoms with E-state index in [0.717, 1.165) is 30.0 Å². The fourth-order valence-electron chi connectivity index (χ4n) is 2.54. The molecule has 0 aliphatic rings. The van der Waals surface area contributed by atoms with Gasteiger partial charge in [-0.3, -0.25) is 0 Å². The first kappa shape index (κ1) is 13.8. The maximum atomic E-state index is 9.16. The molecule has 3 aromatic rings. The molecule has 0 amide bonds. The van der Waals surface area contributed by atoms with Crippen molar-refractivity contribution in [1.82, 2.24) is 14.7 Å². The van der Waals surface area contributed by atoms with Crippen molar-refractivity contribution in [3.63, 3.8) is 0 Å². The lowest BCUT2D eigenvalue weighted by Crippen LogP contribution is -2.15. The van der Waals surface area contributed by atoms with Crippen LogP contribution in [0.2, 0.25) is 0 Å². The minimum atomic E-state index is 0.0835. The Morgan fingerprint density at radius 1 is 1.10 bits per heavy atom. The molecule has 4 heteroatoms. The number of aryl methyl sites for hydroxylation is 1. The van der Waals surface area contributed by atoms with Crippen LogP contribution in [0, 0.1) is 6.92 Å². The Hall–Kier alpha value is -2.17. The van der Waals surface area contributed by atoms with Gasteiger partial charge < -0.3 is 14.8 Å². The van der Waals surface area contributed by atoms with Crippen molar-refractivity contribution in [3.8, 4) is 0 Å². The minimum Gasteiger partial charge on any atom is -0.392 e. The van der Waals surface area contributed by atoms with Crippen LogP contribution in [0.3, 0.4) is 0 Å². The lowest BCUT2D eigenvalue weighted by molar-refractivity contribution is 0.281. The van der Waals surface area contributed by atoms with Crippen LogP contribution in [0.15, 0.2) is 48.7 Å². The van der Waals surface area contributed by atoms with Crippen LogP contribution in [-0.2, 0) is 19.7 Å². The number of fused-ring (bicyclic) bond motifs is 1. The lowest BCUT2D eigenvalue weighted by Gasteiger charge is -2.07. The number of imidazole rings is 1. The van der Waals surface area contributed by atoms with Crippen LogP contribution in [-0.4, -0.2) is 14.5 Å². The average molecular weight is 281 g/mol. The van der Waals surface area contributed by atoms with E-state index in [0.29, 0.717) is 0 Å². The van der Waals surface area contributed by atoms with Crippen molar-refractivity contribution in [2.75, 3.05) is 0 Å². The molecule has 2 heterocycles. The predicted octanol–water partition coefficient (Wildman–Crippen LogP) is 2.42. The second-order valence-electron chi connectivity index (χ2n) is 5.15. The van der Waals surface area contributed by atoms with E-state index >= 15 is 0 Å². The van der Waals surface area contributed by atoms with Crippen molar-refractivity contribution in [3.05, 3.63) is 71.2 Å². The summed E-state index contributed by atoms with van der Waals surface area (Å²) in [4.78, 5) is 4.56. The third kappa shape index (κ3) is 2.96. The Morgan fingerprint density at radius 2 is 1.95 bits per heavy atom. The first-order valence-corrected chi connectivity index (χ1v) is 7.10. The van der Waals surface area contributed by atoms with E-state index in [9.17, 15) is 0 Å². The molecule has 108 valence electrons. The van der Waals surface area contributed by atoms with E-state index < -0.39 is 0 Å². The lowest BCUT2D eigenvalue weighted by atomic mass is 10.1. The number of benzene rings is 1. The quantitative estimate of drug-likeness (QED) is 0.755. The van der Waals surface area contributed by atoms with E-state index in [1.54, 1.807) is 0 Å². The number of hydrogen-bond donors (Lipinski definition) is 2. The van der Waals surface area contributed by atoms with Gasteiger partial charge in [0.1, 0.15) is 5.65 Å². The normalized spacial score (nSPS) is 11.1. The van der Waals surface area contributed by atoms with E-state index in [-0.39, 0.29) is 6.61 Å². The molecule has 2 aromatic heterocycles. The molecule has 1 aromatic carbocycles. The predicted molar refractivity (Wildman–Crippen MR) is 82.8 cm³/mol. The summed E-state index contributed by atoms with van der Waals surface area (Å²) < 4.78 is 2.12. The van der Waals surface area contributed by atoms with Gasteiger partial charge in [-0.05, 0) is 30.2 Å².